The number of carbonyl (C=O) groups is 1. The summed E-state index contributed by atoms with van der Waals surface area (Å²) in [7, 11) is 0. The first-order valence-electron chi connectivity index (χ1n) is 7.47. The van der Waals surface area contributed by atoms with E-state index in [1.54, 1.807) is 6.26 Å². The van der Waals surface area contributed by atoms with E-state index < -0.39 is 0 Å². The van der Waals surface area contributed by atoms with E-state index in [-0.39, 0.29) is 12.1 Å². The minimum atomic E-state index is -0.0876. The molecule has 1 heterocycles. The molecule has 0 aromatic carbocycles. The zero-order chi connectivity index (χ0) is 14.8. The van der Waals surface area contributed by atoms with Crippen LogP contribution in [0.5, 0.6) is 0 Å². The summed E-state index contributed by atoms with van der Waals surface area (Å²) >= 11 is 0. The minimum Gasteiger partial charge on any atom is -0.469 e. The van der Waals surface area contributed by atoms with E-state index in [4.69, 9.17) is 9.15 Å². The van der Waals surface area contributed by atoms with E-state index in [2.05, 4.69) is 19.1 Å². The smallest absolute Gasteiger partial charge is 0.306 e. The number of ether oxygens (including phenoxy) is 1. The van der Waals surface area contributed by atoms with Crippen molar-refractivity contribution in [1.82, 2.24) is 0 Å². The lowest BCUT2D eigenvalue weighted by molar-refractivity contribution is -0.147. The summed E-state index contributed by atoms with van der Waals surface area (Å²) in [6, 6.07) is 3.94. The number of allylic oxidation sites excluding steroid dienone is 2. The zero-order valence-corrected chi connectivity index (χ0v) is 12.8. The SMILES string of the molecule is CC(C)OC(=O)CCCC/C=C\CC(C)c1ccco1. The molecule has 0 fully saturated rings. The van der Waals surface area contributed by atoms with Gasteiger partial charge in [0.25, 0.3) is 0 Å². The monoisotopic (exact) mass is 278 g/mol. The molecule has 1 rings (SSSR count). The van der Waals surface area contributed by atoms with Gasteiger partial charge in [0.2, 0.25) is 0 Å². The van der Waals surface area contributed by atoms with Crippen molar-refractivity contribution in [3.05, 3.63) is 36.3 Å². The predicted molar refractivity (Wildman–Crippen MR) is 80.6 cm³/mol. The van der Waals surface area contributed by atoms with Crippen LogP contribution in [0.15, 0.2) is 35.0 Å². The average Bonchev–Trinajstić information content (AvgIpc) is 2.90. The molecule has 3 nitrogen and oxygen atoms in total. The predicted octanol–water partition coefficient (Wildman–Crippen LogP) is 4.84. The molecule has 1 aromatic heterocycles. The number of unbranched alkanes of at least 4 members (excludes halogenated alkanes) is 2. The molecule has 1 atom stereocenters. The average molecular weight is 278 g/mol. The molecule has 0 aliphatic rings. The summed E-state index contributed by atoms with van der Waals surface area (Å²) in [5.74, 6) is 1.36. The quantitative estimate of drug-likeness (QED) is 0.368. The summed E-state index contributed by atoms with van der Waals surface area (Å²) in [6.45, 7) is 5.91. The second-order valence-corrected chi connectivity index (χ2v) is 5.41. The third-order valence-corrected chi connectivity index (χ3v) is 3.05. The maximum atomic E-state index is 11.3. The molecule has 0 saturated heterocycles. The number of esters is 1. The van der Waals surface area contributed by atoms with Crippen LogP contribution in [0.1, 0.15) is 64.6 Å². The van der Waals surface area contributed by atoms with Crippen LogP contribution in [0.4, 0.5) is 0 Å². The van der Waals surface area contributed by atoms with Gasteiger partial charge in [-0.15, -0.1) is 0 Å². The fourth-order valence-electron chi connectivity index (χ4n) is 1.96. The molecule has 0 aliphatic heterocycles. The van der Waals surface area contributed by atoms with E-state index in [1.165, 1.54) is 0 Å². The van der Waals surface area contributed by atoms with Gasteiger partial charge in [-0.05, 0) is 51.7 Å². The Morgan fingerprint density at radius 2 is 2.10 bits per heavy atom. The number of hydrogen-bond donors (Lipinski definition) is 0. The molecular formula is C17H26O3. The van der Waals surface area contributed by atoms with E-state index in [1.807, 2.05) is 26.0 Å². The van der Waals surface area contributed by atoms with Gasteiger partial charge < -0.3 is 9.15 Å². The van der Waals surface area contributed by atoms with Gasteiger partial charge in [-0.3, -0.25) is 4.79 Å². The summed E-state index contributed by atoms with van der Waals surface area (Å²) in [5.41, 5.74) is 0. The van der Waals surface area contributed by atoms with Gasteiger partial charge >= 0.3 is 5.97 Å². The van der Waals surface area contributed by atoms with Crippen molar-refractivity contribution in [2.75, 3.05) is 0 Å². The Morgan fingerprint density at radius 1 is 1.30 bits per heavy atom. The maximum absolute atomic E-state index is 11.3. The molecule has 0 saturated carbocycles. The summed E-state index contributed by atoms with van der Waals surface area (Å²) in [5, 5.41) is 0. The lowest BCUT2D eigenvalue weighted by Gasteiger charge is -2.07. The van der Waals surface area contributed by atoms with Crippen molar-refractivity contribution < 1.29 is 13.9 Å². The Morgan fingerprint density at radius 3 is 2.75 bits per heavy atom. The maximum Gasteiger partial charge on any atom is 0.306 e. The normalized spacial score (nSPS) is 13.0. The van der Waals surface area contributed by atoms with E-state index in [9.17, 15) is 4.79 Å². The Bertz CT molecular complexity index is 390. The molecule has 0 N–H and O–H groups in total. The molecule has 1 unspecified atom stereocenters. The van der Waals surface area contributed by atoms with Crippen molar-refractivity contribution in [3.63, 3.8) is 0 Å². The molecule has 0 spiro atoms. The van der Waals surface area contributed by atoms with Crippen molar-refractivity contribution >= 4 is 5.97 Å². The van der Waals surface area contributed by atoms with Crippen LogP contribution in [-0.2, 0) is 9.53 Å². The van der Waals surface area contributed by atoms with Gasteiger partial charge in [0.1, 0.15) is 5.76 Å². The highest BCUT2D eigenvalue weighted by Gasteiger charge is 2.05. The lowest BCUT2D eigenvalue weighted by Crippen LogP contribution is -2.10. The number of rotatable bonds is 9. The van der Waals surface area contributed by atoms with Gasteiger partial charge in [0.05, 0.1) is 12.4 Å². The largest absolute Gasteiger partial charge is 0.469 e. The van der Waals surface area contributed by atoms with Crippen LogP contribution in [0, 0.1) is 0 Å². The Balaban J connectivity index is 2.04. The van der Waals surface area contributed by atoms with Crippen LogP contribution in [0.25, 0.3) is 0 Å². The lowest BCUT2D eigenvalue weighted by atomic mass is 10.0. The zero-order valence-electron chi connectivity index (χ0n) is 12.8. The highest BCUT2D eigenvalue weighted by atomic mass is 16.5. The highest BCUT2D eigenvalue weighted by molar-refractivity contribution is 5.69. The Hall–Kier alpha value is -1.51. The van der Waals surface area contributed by atoms with Crippen LogP contribution in [0.3, 0.4) is 0 Å². The first kappa shape index (κ1) is 16.5. The summed E-state index contributed by atoms with van der Waals surface area (Å²) < 4.78 is 10.4. The number of hydrogen-bond acceptors (Lipinski definition) is 3. The molecule has 0 aliphatic carbocycles. The number of furan rings is 1. The van der Waals surface area contributed by atoms with E-state index >= 15 is 0 Å². The first-order valence-corrected chi connectivity index (χ1v) is 7.47. The molecule has 0 radical (unpaired) electrons. The second kappa shape index (κ2) is 9.40. The van der Waals surface area contributed by atoms with Crippen molar-refractivity contribution in [1.29, 1.82) is 0 Å². The van der Waals surface area contributed by atoms with E-state index in [0.717, 1.165) is 31.4 Å². The third kappa shape index (κ3) is 7.17. The van der Waals surface area contributed by atoms with Crippen LogP contribution in [-0.4, -0.2) is 12.1 Å². The fourth-order valence-corrected chi connectivity index (χ4v) is 1.96. The highest BCUT2D eigenvalue weighted by Crippen LogP contribution is 2.19. The first-order chi connectivity index (χ1) is 9.59. The Labute approximate surface area is 122 Å². The minimum absolute atomic E-state index is 0.00881. The van der Waals surface area contributed by atoms with Crippen LogP contribution >= 0.6 is 0 Å². The molecule has 0 amide bonds. The number of carbonyl (C=O) groups excluding carboxylic acids is 1. The van der Waals surface area contributed by atoms with Crippen molar-refractivity contribution in [2.24, 2.45) is 0 Å². The van der Waals surface area contributed by atoms with Gasteiger partial charge in [0, 0.05) is 12.3 Å². The second-order valence-electron chi connectivity index (χ2n) is 5.41. The Kier molecular flexibility index (Phi) is 7.78. The van der Waals surface area contributed by atoms with Crippen molar-refractivity contribution in [2.45, 2.75) is 64.9 Å². The summed E-state index contributed by atoms with van der Waals surface area (Å²) in [6.07, 6.45) is 10.5. The van der Waals surface area contributed by atoms with Gasteiger partial charge in [-0.1, -0.05) is 19.1 Å². The third-order valence-electron chi connectivity index (χ3n) is 3.05. The molecule has 3 heteroatoms. The van der Waals surface area contributed by atoms with Gasteiger partial charge in [0.15, 0.2) is 0 Å². The van der Waals surface area contributed by atoms with Gasteiger partial charge in [-0.2, -0.15) is 0 Å². The molecule has 112 valence electrons. The van der Waals surface area contributed by atoms with Crippen LogP contribution in [0.2, 0.25) is 0 Å². The molecule has 1 aromatic rings. The standard InChI is InChI=1S/C17H26O3/c1-14(2)20-17(18)12-8-6-4-5-7-10-15(3)16-11-9-13-19-16/h5,7,9,11,13-15H,4,6,8,10,12H2,1-3H3/b7-5-. The van der Waals surface area contributed by atoms with Crippen molar-refractivity contribution in [3.8, 4) is 0 Å². The topological polar surface area (TPSA) is 39.4 Å². The molecule has 20 heavy (non-hydrogen) atoms. The van der Waals surface area contributed by atoms with E-state index in [0.29, 0.717) is 12.3 Å². The molecule has 0 bridgehead atoms. The van der Waals surface area contributed by atoms with Gasteiger partial charge in [-0.25, -0.2) is 0 Å². The fraction of sp³-hybridized carbons (Fsp3) is 0.588. The molecular weight excluding hydrogens is 252 g/mol. The summed E-state index contributed by atoms with van der Waals surface area (Å²) in [4.78, 5) is 11.3. The van der Waals surface area contributed by atoms with Crippen LogP contribution < -0.4 is 0 Å².